The highest BCUT2D eigenvalue weighted by molar-refractivity contribution is 7.12. The van der Waals surface area contributed by atoms with Gasteiger partial charge in [-0.3, -0.25) is 4.79 Å². The molecule has 1 amide bonds. The lowest BCUT2D eigenvalue weighted by Gasteiger charge is -2.42. The van der Waals surface area contributed by atoms with Crippen LogP contribution in [0.4, 0.5) is 0 Å². The first-order valence-electron chi connectivity index (χ1n) is 6.34. The molecule has 3 nitrogen and oxygen atoms in total. The van der Waals surface area contributed by atoms with Gasteiger partial charge < -0.3 is 11.1 Å². The highest BCUT2D eigenvalue weighted by atomic mass is 35.5. The maximum Gasteiger partial charge on any atom is 0.263 e. The summed E-state index contributed by atoms with van der Waals surface area (Å²) >= 11 is 7.37. The Bertz CT molecular complexity index is 434. The van der Waals surface area contributed by atoms with Crippen molar-refractivity contribution >= 4 is 28.8 Å². The van der Waals surface area contributed by atoms with Crippen LogP contribution in [0.3, 0.4) is 0 Å². The number of rotatable bonds is 3. The van der Waals surface area contributed by atoms with Crippen molar-refractivity contribution in [2.45, 2.75) is 38.1 Å². The lowest BCUT2D eigenvalue weighted by atomic mass is 9.73. The van der Waals surface area contributed by atoms with Crippen LogP contribution in [-0.2, 0) is 0 Å². The molecule has 1 aliphatic carbocycles. The largest absolute Gasteiger partial charge is 0.344 e. The Morgan fingerprint density at radius 1 is 1.67 bits per heavy atom. The molecule has 3 N–H and O–H groups in total. The van der Waals surface area contributed by atoms with E-state index in [4.69, 9.17) is 17.3 Å². The SMILES string of the molecule is CC1CCCCC1(CN)NC(=O)c1sccc1Cl. The number of carbonyl (C=O) groups is 1. The molecule has 100 valence electrons. The maximum atomic E-state index is 12.3. The lowest BCUT2D eigenvalue weighted by Crippen LogP contribution is -2.59. The van der Waals surface area contributed by atoms with Crippen LogP contribution in [0.25, 0.3) is 0 Å². The molecule has 1 heterocycles. The van der Waals surface area contributed by atoms with E-state index in [1.807, 2.05) is 5.38 Å². The molecule has 0 saturated heterocycles. The fraction of sp³-hybridized carbons (Fsp3) is 0.615. The molecule has 1 aromatic heterocycles. The molecule has 1 aliphatic rings. The first-order valence-corrected chi connectivity index (χ1v) is 7.60. The van der Waals surface area contributed by atoms with E-state index in [9.17, 15) is 4.79 Å². The summed E-state index contributed by atoms with van der Waals surface area (Å²) in [6.07, 6.45) is 4.42. The standard InChI is InChI=1S/C13H19ClN2OS/c1-9-4-2-3-6-13(9,8-15)16-12(17)11-10(14)5-7-18-11/h5,7,9H,2-4,6,8,15H2,1H3,(H,16,17). The number of thiophene rings is 1. The summed E-state index contributed by atoms with van der Waals surface area (Å²) in [5.41, 5.74) is 5.66. The quantitative estimate of drug-likeness (QED) is 0.897. The van der Waals surface area contributed by atoms with Gasteiger partial charge in [-0.1, -0.05) is 31.4 Å². The molecule has 1 aromatic rings. The molecule has 0 spiro atoms. The van der Waals surface area contributed by atoms with E-state index in [1.165, 1.54) is 17.8 Å². The summed E-state index contributed by atoms with van der Waals surface area (Å²) in [7, 11) is 0. The van der Waals surface area contributed by atoms with Gasteiger partial charge in [0.05, 0.1) is 10.6 Å². The van der Waals surface area contributed by atoms with Crippen LogP contribution in [0, 0.1) is 5.92 Å². The third-order valence-electron chi connectivity index (χ3n) is 4.00. The van der Waals surface area contributed by atoms with E-state index >= 15 is 0 Å². The Labute approximate surface area is 117 Å². The minimum Gasteiger partial charge on any atom is -0.344 e. The average molecular weight is 287 g/mol. The van der Waals surface area contributed by atoms with Crippen LogP contribution in [0.15, 0.2) is 11.4 Å². The molecule has 0 radical (unpaired) electrons. The first-order chi connectivity index (χ1) is 8.59. The van der Waals surface area contributed by atoms with Crippen molar-refractivity contribution in [3.8, 4) is 0 Å². The number of halogens is 1. The third-order valence-corrected chi connectivity index (χ3v) is 5.34. The van der Waals surface area contributed by atoms with Crippen LogP contribution < -0.4 is 11.1 Å². The predicted molar refractivity (Wildman–Crippen MR) is 76.2 cm³/mol. The van der Waals surface area contributed by atoms with E-state index in [1.54, 1.807) is 6.07 Å². The second-order valence-electron chi connectivity index (χ2n) is 5.06. The second-order valence-corrected chi connectivity index (χ2v) is 6.38. The van der Waals surface area contributed by atoms with Gasteiger partial charge in [0.2, 0.25) is 0 Å². The zero-order valence-corrected chi connectivity index (χ0v) is 12.1. The molecule has 5 heteroatoms. The minimum absolute atomic E-state index is 0.0887. The molecular weight excluding hydrogens is 268 g/mol. The summed E-state index contributed by atoms with van der Waals surface area (Å²) in [4.78, 5) is 12.8. The Morgan fingerprint density at radius 2 is 2.44 bits per heavy atom. The zero-order valence-electron chi connectivity index (χ0n) is 10.5. The zero-order chi connectivity index (χ0) is 13.2. The predicted octanol–water partition coefficient (Wildman–Crippen LogP) is 3.04. The highest BCUT2D eigenvalue weighted by Crippen LogP contribution is 2.34. The smallest absolute Gasteiger partial charge is 0.263 e. The van der Waals surface area contributed by atoms with E-state index in [-0.39, 0.29) is 11.4 Å². The van der Waals surface area contributed by atoms with Gasteiger partial charge in [-0.15, -0.1) is 11.3 Å². The summed E-state index contributed by atoms with van der Waals surface area (Å²) in [5, 5.41) is 5.49. The number of hydrogen-bond acceptors (Lipinski definition) is 3. The summed E-state index contributed by atoms with van der Waals surface area (Å²) in [6, 6.07) is 1.75. The van der Waals surface area contributed by atoms with Crippen molar-refractivity contribution in [3.05, 3.63) is 21.3 Å². The van der Waals surface area contributed by atoms with Gasteiger partial charge in [-0.05, 0) is 30.2 Å². The number of carbonyl (C=O) groups excluding carboxylic acids is 1. The Morgan fingerprint density at radius 3 is 3.00 bits per heavy atom. The molecule has 0 aromatic carbocycles. The summed E-state index contributed by atoms with van der Waals surface area (Å²) in [6.45, 7) is 2.66. The van der Waals surface area contributed by atoms with Gasteiger partial charge in [0.1, 0.15) is 4.88 Å². The Kier molecular flexibility index (Phi) is 4.30. The fourth-order valence-electron chi connectivity index (χ4n) is 2.69. The highest BCUT2D eigenvalue weighted by Gasteiger charge is 2.38. The number of nitrogens with one attached hydrogen (secondary N) is 1. The molecule has 0 aliphatic heterocycles. The van der Waals surface area contributed by atoms with Crippen LogP contribution in [-0.4, -0.2) is 18.0 Å². The van der Waals surface area contributed by atoms with Gasteiger partial charge in [0, 0.05) is 6.54 Å². The van der Waals surface area contributed by atoms with Crippen LogP contribution >= 0.6 is 22.9 Å². The van der Waals surface area contributed by atoms with Gasteiger partial charge in [0.15, 0.2) is 0 Å². The number of hydrogen-bond donors (Lipinski definition) is 2. The van der Waals surface area contributed by atoms with Crippen LogP contribution in [0.1, 0.15) is 42.3 Å². The van der Waals surface area contributed by atoms with Crippen molar-refractivity contribution in [2.24, 2.45) is 11.7 Å². The summed E-state index contributed by atoms with van der Waals surface area (Å²) < 4.78 is 0. The van der Waals surface area contributed by atoms with Crippen molar-refractivity contribution in [1.29, 1.82) is 0 Å². The summed E-state index contributed by atoms with van der Waals surface area (Å²) in [5.74, 6) is 0.327. The van der Waals surface area contributed by atoms with Crippen molar-refractivity contribution in [3.63, 3.8) is 0 Å². The molecule has 2 atom stereocenters. The molecule has 2 unspecified atom stereocenters. The van der Waals surface area contributed by atoms with Gasteiger partial charge in [-0.2, -0.15) is 0 Å². The first kappa shape index (κ1) is 13.8. The monoisotopic (exact) mass is 286 g/mol. The minimum atomic E-state index is -0.261. The van der Waals surface area contributed by atoms with E-state index in [0.29, 0.717) is 22.4 Å². The number of nitrogens with two attached hydrogens (primary N) is 1. The second kappa shape index (κ2) is 5.59. The average Bonchev–Trinajstić information content (AvgIpc) is 2.78. The van der Waals surface area contributed by atoms with Crippen LogP contribution in [0.2, 0.25) is 5.02 Å². The molecule has 18 heavy (non-hydrogen) atoms. The van der Waals surface area contributed by atoms with E-state index < -0.39 is 0 Å². The Balaban J connectivity index is 2.15. The van der Waals surface area contributed by atoms with Crippen molar-refractivity contribution in [1.82, 2.24) is 5.32 Å². The molecule has 0 bridgehead atoms. The molecule has 2 rings (SSSR count). The normalized spacial score (nSPS) is 28.1. The van der Waals surface area contributed by atoms with Gasteiger partial charge in [-0.25, -0.2) is 0 Å². The maximum absolute atomic E-state index is 12.3. The van der Waals surface area contributed by atoms with E-state index in [2.05, 4.69) is 12.2 Å². The molecular formula is C13H19ClN2OS. The Hall–Kier alpha value is -0.580. The molecule has 1 fully saturated rings. The lowest BCUT2D eigenvalue weighted by molar-refractivity contribution is 0.0817. The topological polar surface area (TPSA) is 55.1 Å². The molecule has 1 saturated carbocycles. The third kappa shape index (κ3) is 2.56. The van der Waals surface area contributed by atoms with Crippen molar-refractivity contribution in [2.75, 3.05) is 6.54 Å². The van der Waals surface area contributed by atoms with Crippen LogP contribution in [0.5, 0.6) is 0 Å². The fourth-order valence-corrected chi connectivity index (χ4v) is 3.73. The van der Waals surface area contributed by atoms with E-state index in [0.717, 1.165) is 19.3 Å². The van der Waals surface area contributed by atoms with Crippen molar-refractivity contribution < 1.29 is 4.79 Å². The number of amides is 1. The van der Waals surface area contributed by atoms with Gasteiger partial charge in [0.25, 0.3) is 5.91 Å². The van der Waals surface area contributed by atoms with Gasteiger partial charge >= 0.3 is 0 Å².